The highest BCUT2D eigenvalue weighted by Gasteiger charge is 2.23. The summed E-state index contributed by atoms with van der Waals surface area (Å²) in [6, 6.07) is 6.98. The maximum atomic E-state index is 12.1. The first-order valence-electron chi connectivity index (χ1n) is 7.38. The second-order valence-electron chi connectivity index (χ2n) is 5.67. The van der Waals surface area contributed by atoms with E-state index in [9.17, 15) is 9.59 Å². The quantitative estimate of drug-likeness (QED) is 0.825. The number of hydrogen-bond acceptors (Lipinski definition) is 2. The molecular formula is C16H21BrN2O2. The monoisotopic (exact) mass is 352 g/mol. The van der Waals surface area contributed by atoms with E-state index in [-0.39, 0.29) is 5.91 Å². The van der Waals surface area contributed by atoms with Crippen LogP contribution in [0.15, 0.2) is 28.7 Å². The van der Waals surface area contributed by atoms with E-state index in [0.29, 0.717) is 18.8 Å². The molecule has 0 aliphatic heterocycles. The Morgan fingerprint density at radius 2 is 1.95 bits per heavy atom. The van der Waals surface area contributed by atoms with E-state index in [2.05, 4.69) is 21.2 Å². The molecule has 0 spiro atoms. The molecule has 0 unspecified atom stereocenters. The van der Waals surface area contributed by atoms with Gasteiger partial charge in [0.25, 0.3) is 0 Å². The zero-order chi connectivity index (χ0) is 15.2. The van der Waals surface area contributed by atoms with Crippen molar-refractivity contribution in [1.82, 2.24) is 5.32 Å². The number of rotatable bonds is 6. The van der Waals surface area contributed by atoms with Crippen LogP contribution in [0, 0.1) is 5.92 Å². The Hall–Kier alpha value is -1.36. The number of benzene rings is 1. The van der Waals surface area contributed by atoms with Gasteiger partial charge >= 0.3 is 0 Å². The highest BCUT2D eigenvalue weighted by molar-refractivity contribution is 9.10. The van der Waals surface area contributed by atoms with E-state index in [1.807, 2.05) is 24.3 Å². The van der Waals surface area contributed by atoms with Gasteiger partial charge in [-0.15, -0.1) is 0 Å². The van der Waals surface area contributed by atoms with Gasteiger partial charge in [-0.05, 0) is 30.4 Å². The van der Waals surface area contributed by atoms with Crippen molar-refractivity contribution in [3.05, 3.63) is 34.3 Å². The average Bonchev–Trinajstić information content (AvgIpc) is 2.93. The fourth-order valence-electron chi connectivity index (χ4n) is 2.84. The van der Waals surface area contributed by atoms with Gasteiger partial charge in [-0.2, -0.15) is 0 Å². The highest BCUT2D eigenvalue weighted by Crippen LogP contribution is 2.27. The third-order valence-electron chi connectivity index (χ3n) is 4.01. The topological polar surface area (TPSA) is 72.2 Å². The minimum absolute atomic E-state index is 0.0715. The summed E-state index contributed by atoms with van der Waals surface area (Å²) in [7, 11) is 0. The predicted molar refractivity (Wildman–Crippen MR) is 85.5 cm³/mol. The van der Waals surface area contributed by atoms with Crippen LogP contribution in [0.4, 0.5) is 0 Å². The number of hydrogen-bond donors (Lipinski definition) is 2. The lowest BCUT2D eigenvalue weighted by molar-refractivity contribution is -0.127. The molecule has 3 N–H and O–H groups in total. The van der Waals surface area contributed by atoms with E-state index in [4.69, 9.17) is 5.73 Å². The van der Waals surface area contributed by atoms with Gasteiger partial charge in [0.15, 0.2) is 0 Å². The fraction of sp³-hybridized carbons (Fsp3) is 0.500. The number of nitrogens with two attached hydrogens (primary N) is 1. The molecule has 114 valence electrons. The zero-order valence-electron chi connectivity index (χ0n) is 12.0. The Morgan fingerprint density at radius 1 is 1.29 bits per heavy atom. The van der Waals surface area contributed by atoms with Crippen LogP contribution in [0.1, 0.15) is 37.7 Å². The maximum Gasteiger partial charge on any atom is 0.240 e. The first-order chi connectivity index (χ1) is 10.1. The molecule has 1 aliphatic carbocycles. The second-order valence-corrected chi connectivity index (χ2v) is 6.53. The van der Waals surface area contributed by atoms with Crippen LogP contribution in [-0.4, -0.2) is 17.9 Å². The molecule has 2 amide bonds. The van der Waals surface area contributed by atoms with Crippen LogP contribution in [0.3, 0.4) is 0 Å². The van der Waals surface area contributed by atoms with E-state index >= 15 is 0 Å². The summed E-state index contributed by atoms with van der Waals surface area (Å²) in [4.78, 5) is 23.6. The van der Waals surface area contributed by atoms with Crippen molar-refractivity contribution < 1.29 is 9.59 Å². The Kier molecular flexibility index (Phi) is 5.79. The van der Waals surface area contributed by atoms with Crippen molar-refractivity contribution in [2.45, 2.75) is 44.6 Å². The van der Waals surface area contributed by atoms with Gasteiger partial charge in [0.2, 0.25) is 11.8 Å². The van der Waals surface area contributed by atoms with E-state index in [1.54, 1.807) is 0 Å². The van der Waals surface area contributed by atoms with Crippen LogP contribution in [0.2, 0.25) is 0 Å². The largest absolute Gasteiger partial charge is 0.368 e. The summed E-state index contributed by atoms with van der Waals surface area (Å²) in [5.41, 5.74) is 6.38. The molecule has 2 rings (SSSR count). The summed E-state index contributed by atoms with van der Waals surface area (Å²) in [5, 5.41) is 2.78. The van der Waals surface area contributed by atoms with Crippen molar-refractivity contribution in [2.75, 3.05) is 0 Å². The zero-order valence-corrected chi connectivity index (χ0v) is 13.6. The van der Waals surface area contributed by atoms with E-state index in [1.165, 1.54) is 12.8 Å². The van der Waals surface area contributed by atoms with Crippen molar-refractivity contribution in [3.63, 3.8) is 0 Å². The molecular weight excluding hydrogens is 332 g/mol. The van der Waals surface area contributed by atoms with Gasteiger partial charge in [0.1, 0.15) is 6.04 Å². The predicted octanol–water partition coefficient (Wildman–Crippen LogP) is 2.54. The molecule has 0 saturated heterocycles. The van der Waals surface area contributed by atoms with Crippen molar-refractivity contribution in [3.8, 4) is 0 Å². The number of halogens is 1. The third-order valence-corrected chi connectivity index (χ3v) is 4.78. The third kappa shape index (κ3) is 4.84. The maximum absolute atomic E-state index is 12.1. The van der Waals surface area contributed by atoms with Crippen LogP contribution in [0.5, 0.6) is 0 Å². The number of carbonyl (C=O) groups excluding carboxylic acids is 2. The van der Waals surface area contributed by atoms with Crippen molar-refractivity contribution in [2.24, 2.45) is 11.7 Å². The van der Waals surface area contributed by atoms with E-state index in [0.717, 1.165) is 22.9 Å². The first kappa shape index (κ1) is 16.0. The lowest BCUT2D eigenvalue weighted by atomic mass is 10.0. The Morgan fingerprint density at radius 3 is 2.57 bits per heavy atom. The summed E-state index contributed by atoms with van der Waals surface area (Å²) >= 11 is 3.45. The molecule has 0 aromatic heterocycles. The number of amides is 2. The van der Waals surface area contributed by atoms with Gasteiger partial charge < -0.3 is 11.1 Å². The molecule has 1 aromatic carbocycles. The average molecular weight is 353 g/mol. The SMILES string of the molecule is NC(=O)[C@H](Cc1ccccc1Br)NC(=O)CC1CCCC1. The molecule has 21 heavy (non-hydrogen) atoms. The summed E-state index contributed by atoms with van der Waals surface area (Å²) < 4.78 is 0.918. The molecule has 1 atom stereocenters. The molecule has 0 radical (unpaired) electrons. The van der Waals surface area contributed by atoms with Gasteiger partial charge in [-0.1, -0.05) is 47.0 Å². The molecule has 1 aromatic rings. The molecule has 0 heterocycles. The van der Waals surface area contributed by atoms with Gasteiger partial charge in [0, 0.05) is 17.3 Å². The number of primary amides is 1. The molecule has 4 nitrogen and oxygen atoms in total. The molecule has 5 heteroatoms. The van der Waals surface area contributed by atoms with Crippen LogP contribution in [-0.2, 0) is 16.0 Å². The second kappa shape index (κ2) is 7.59. The van der Waals surface area contributed by atoms with Crippen LogP contribution >= 0.6 is 15.9 Å². The normalized spacial score (nSPS) is 16.6. The van der Waals surface area contributed by atoms with Gasteiger partial charge in [-0.3, -0.25) is 9.59 Å². The van der Waals surface area contributed by atoms with Gasteiger partial charge in [0.05, 0.1) is 0 Å². The first-order valence-corrected chi connectivity index (χ1v) is 8.17. The Labute approximate surface area is 133 Å². The van der Waals surface area contributed by atoms with Crippen molar-refractivity contribution >= 4 is 27.7 Å². The number of nitrogens with one attached hydrogen (secondary N) is 1. The fourth-order valence-corrected chi connectivity index (χ4v) is 3.28. The summed E-state index contributed by atoms with van der Waals surface area (Å²) in [6.45, 7) is 0. The minimum atomic E-state index is -0.655. The summed E-state index contributed by atoms with van der Waals surface area (Å²) in [6.07, 6.45) is 5.53. The Bertz CT molecular complexity index is 513. The Balaban J connectivity index is 1.94. The number of carbonyl (C=O) groups is 2. The smallest absolute Gasteiger partial charge is 0.240 e. The minimum Gasteiger partial charge on any atom is -0.368 e. The van der Waals surface area contributed by atoms with Gasteiger partial charge in [-0.25, -0.2) is 0 Å². The lowest BCUT2D eigenvalue weighted by Crippen LogP contribution is -2.46. The van der Waals surface area contributed by atoms with Crippen LogP contribution < -0.4 is 11.1 Å². The standard InChI is InChI=1S/C16H21BrN2O2/c17-13-8-4-3-7-12(13)10-14(16(18)21)19-15(20)9-11-5-1-2-6-11/h3-4,7-8,11,14H,1-2,5-6,9-10H2,(H2,18,21)(H,19,20)/t14-/m0/s1. The van der Waals surface area contributed by atoms with Crippen LogP contribution in [0.25, 0.3) is 0 Å². The van der Waals surface area contributed by atoms with Crippen molar-refractivity contribution in [1.29, 1.82) is 0 Å². The summed E-state index contributed by atoms with van der Waals surface area (Å²) in [5.74, 6) is -0.106. The molecule has 1 saturated carbocycles. The lowest BCUT2D eigenvalue weighted by Gasteiger charge is -2.17. The molecule has 1 aliphatic rings. The molecule has 1 fully saturated rings. The highest BCUT2D eigenvalue weighted by atomic mass is 79.9. The van der Waals surface area contributed by atoms with E-state index < -0.39 is 11.9 Å². The molecule has 0 bridgehead atoms.